The summed E-state index contributed by atoms with van der Waals surface area (Å²) in [4.78, 5) is 28.6. The molecule has 0 unspecified atom stereocenters. The largest absolute Gasteiger partial charge is 0.461 e. The van der Waals surface area contributed by atoms with Crippen LogP contribution in [0.4, 0.5) is 0 Å². The minimum atomic E-state index is -0.151. The normalized spacial score (nSPS) is 26.8. The van der Waals surface area contributed by atoms with Gasteiger partial charge in [0.2, 0.25) is 0 Å². The van der Waals surface area contributed by atoms with Gasteiger partial charge in [0.1, 0.15) is 13.2 Å². The molecule has 1 rings (SSSR count). The quantitative estimate of drug-likeness (QED) is 0.209. The fraction of sp³-hybridized carbons (Fsp3) is 0.571. The van der Waals surface area contributed by atoms with E-state index in [0.717, 1.165) is 77.3 Å². The van der Waals surface area contributed by atoms with Crippen molar-refractivity contribution < 1.29 is 19.1 Å². The summed E-state index contributed by atoms with van der Waals surface area (Å²) < 4.78 is 10.7. The third kappa shape index (κ3) is 29.0. The van der Waals surface area contributed by atoms with Crippen molar-refractivity contribution >= 4 is 11.9 Å². The van der Waals surface area contributed by atoms with Crippen LogP contribution >= 0.6 is 0 Å². The van der Waals surface area contributed by atoms with Crippen molar-refractivity contribution in [1.82, 2.24) is 9.80 Å². The number of cyclic esters (lactones) is 2. The van der Waals surface area contributed by atoms with Gasteiger partial charge in [0, 0.05) is 12.8 Å². The molecular weight excluding hydrogens is 596 g/mol. The van der Waals surface area contributed by atoms with Crippen molar-refractivity contribution in [3.63, 3.8) is 0 Å². The second-order valence-corrected chi connectivity index (χ2v) is 13.0. The lowest BCUT2D eigenvalue weighted by molar-refractivity contribution is -0.143. The molecule has 0 radical (unpaired) electrons. The number of nitrogens with zero attached hydrogens (tertiary/aromatic N) is 2. The third-order valence-electron chi connectivity index (χ3n) is 7.98. The molecule has 0 aromatic rings. The number of esters is 2. The highest BCUT2D eigenvalue weighted by molar-refractivity contribution is 5.69. The van der Waals surface area contributed by atoms with E-state index in [1.54, 1.807) is 0 Å². The number of hydrogen-bond donors (Lipinski definition) is 0. The molecule has 1 aliphatic heterocycles. The highest BCUT2D eigenvalue weighted by Gasteiger charge is 2.07. The number of carbonyl (C=O) groups excluding carboxylic acids is 2. The van der Waals surface area contributed by atoms with Crippen molar-refractivity contribution in [2.24, 2.45) is 11.8 Å². The zero-order chi connectivity index (χ0) is 34.9. The van der Waals surface area contributed by atoms with E-state index in [0.29, 0.717) is 50.7 Å². The Bertz CT molecular complexity index is 910. The maximum absolute atomic E-state index is 12.1. The van der Waals surface area contributed by atoms with Crippen LogP contribution in [0.25, 0.3) is 0 Å². The molecule has 0 bridgehead atoms. The number of allylic oxidation sites excluding steroid dienone is 14. The van der Waals surface area contributed by atoms with Gasteiger partial charge in [0.05, 0.1) is 0 Å². The SMILES string of the molecule is CN(C)CCC1C/C=C/C/C=C/CCC(=O)OC/C=C/C/C=C/CC(CCN(C)C)C/C=C/C/C=C/COC(=O)CC/C=C/C/C=C/C1. The molecule has 0 amide bonds. The summed E-state index contributed by atoms with van der Waals surface area (Å²) in [6, 6.07) is 0. The first-order valence-corrected chi connectivity index (χ1v) is 18.2. The molecule has 0 atom stereocenters. The summed E-state index contributed by atoms with van der Waals surface area (Å²) in [5, 5.41) is 0. The van der Waals surface area contributed by atoms with Gasteiger partial charge in [0.25, 0.3) is 0 Å². The van der Waals surface area contributed by atoms with Crippen molar-refractivity contribution in [2.45, 2.75) is 89.9 Å². The molecule has 0 fully saturated rings. The highest BCUT2D eigenvalue weighted by Crippen LogP contribution is 2.17. The molecule has 0 saturated heterocycles. The monoisotopic (exact) mass is 663 g/mol. The summed E-state index contributed by atoms with van der Waals surface area (Å²) in [7, 11) is 8.48. The number of carbonyl (C=O) groups is 2. The first-order valence-electron chi connectivity index (χ1n) is 18.2. The van der Waals surface area contributed by atoms with E-state index in [4.69, 9.17) is 9.47 Å². The summed E-state index contributed by atoms with van der Waals surface area (Å²) in [6.45, 7) is 2.80. The molecule has 48 heavy (non-hydrogen) atoms. The summed E-state index contributed by atoms with van der Waals surface area (Å²) in [5.74, 6) is 0.894. The Hall–Kier alpha value is -3.22. The van der Waals surface area contributed by atoms with Crippen LogP contribution < -0.4 is 0 Å². The van der Waals surface area contributed by atoms with Crippen molar-refractivity contribution in [3.8, 4) is 0 Å². The van der Waals surface area contributed by atoms with Gasteiger partial charge in [-0.2, -0.15) is 0 Å². The van der Waals surface area contributed by atoms with Crippen molar-refractivity contribution in [3.05, 3.63) is 97.2 Å². The van der Waals surface area contributed by atoms with Gasteiger partial charge in [-0.05, 0) is 130 Å². The second-order valence-electron chi connectivity index (χ2n) is 13.0. The Labute approximate surface area is 293 Å². The highest BCUT2D eigenvalue weighted by atomic mass is 16.5. The van der Waals surface area contributed by atoms with E-state index >= 15 is 0 Å². The van der Waals surface area contributed by atoms with Gasteiger partial charge in [-0.15, -0.1) is 0 Å². The van der Waals surface area contributed by atoms with E-state index in [9.17, 15) is 9.59 Å². The van der Waals surface area contributed by atoms with Gasteiger partial charge in [-0.25, -0.2) is 0 Å². The molecule has 1 aliphatic rings. The van der Waals surface area contributed by atoms with Crippen LogP contribution in [0.2, 0.25) is 0 Å². The first-order chi connectivity index (χ1) is 23.4. The smallest absolute Gasteiger partial charge is 0.306 e. The summed E-state index contributed by atoms with van der Waals surface area (Å²) in [6.07, 6.45) is 46.5. The Balaban J connectivity index is 2.68. The van der Waals surface area contributed by atoms with Gasteiger partial charge >= 0.3 is 11.9 Å². The lowest BCUT2D eigenvalue weighted by Crippen LogP contribution is -2.16. The van der Waals surface area contributed by atoms with Gasteiger partial charge in [-0.3, -0.25) is 9.59 Å². The predicted octanol–water partition coefficient (Wildman–Crippen LogP) is 9.35. The predicted molar refractivity (Wildman–Crippen MR) is 204 cm³/mol. The standard InChI is InChI=1S/C42H66N2O4/c1-43(2)35-33-39-27-19-11-5-7-15-23-31-41(45)47-37-25-17-9-13-21-29-40(34-36-44(3)4)30-22-14-10-18-26-38-48-42(46)32-24-16-8-6-12-20-28-39/h7-8,11-22,25-26,39-40H,5-6,9-10,23-24,27-38H2,1-4H3/b15-7+,16-8+,19-11+,20-12+,21-13+,22-14+,25-17+,26-18+. The van der Waals surface area contributed by atoms with E-state index < -0.39 is 0 Å². The molecule has 0 saturated carbocycles. The third-order valence-corrected chi connectivity index (χ3v) is 7.98. The fourth-order valence-corrected chi connectivity index (χ4v) is 4.98. The van der Waals surface area contributed by atoms with E-state index in [1.807, 2.05) is 12.2 Å². The van der Waals surface area contributed by atoms with Crippen LogP contribution in [-0.4, -0.2) is 76.2 Å². The number of hydrogen-bond acceptors (Lipinski definition) is 6. The molecule has 6 nitrogen and oxygen atoms in total. The zero-order valence-corrected chi connectivity index (χ0v) is 30.6. The number of ether oxygens (including phenoxy) is 2. The topological polar surface area (TPSA) is 59.1 Å². The fourth-order valence-electron chi connectivity index (χ4n) is 4.98. The minimum Gasteiger partial charge on any atom is -0.461 e. The van der Waals surface area contributed by atoms with Crippen LogP contribution in [0.3, 0.4) is 0 Å². The van der Waals surface area contributed by atoms with Crippen LogP contribution in [0, 0.1) is 11.8 Å². The molecular formula is C42H66N2O4. The molecule has 0 aromatic carbocycles. The second kappa shape index (κ2) is 31.1. The summed E-state index contributed by atoms with van der Waals surface area (Å²) in [5.41, 5.74) is 0. The van der Waals surface area contributed by atoms with Crippen molar-refractivity contribution in [1.29, 1.82) is 0 Å². The van der Waals surface area contributed by atoms with E-state index in [2.05, 4.69) is 123 Å². The van der Waals surface area contributed by atoms with Crippen LogP contribution in [0.15, 0.2) is 97.2 Å². The average Bonchev–Trinajstić information content (AvgIpc) is 3.05. The molecule has 0 aliphatic carbocycles. The Kier molecular flexibility index (Phi) is 27.7. The van der Waals surface area contributed by atoms with Crippen molar-refractivity contribution in [2.75, 3.05) is 54.5 Å². The maximum atomic E-state index is 12.1. The number of rotatable bonds is 6. The first kappa shape index (κ1) is 42.8. The summed E-state index contributed by atoms with van der Waals surface area (Å²) >= 11 is 0. The Morgan fingerprint density at radius 1 is 0.479 bits per heavy atom. The van der Waals surface area contributed by atoms with Crippen LogP contribution in [0.5, 0.6) is 0 Å². The van der Waals surface area contributed by atoms with Gasteiger partial charge < -0.3 is 19.3 Å². The van der Waals surface area contributed by atoms with E-state index in [-0.39, 0.29) is 11.9 Å². The molecule has 1 heterocycles. The molecule has 0 aromatic heterocycles. The van der Waals surface area contributed by atoms with Gasteiger partial charge in [0.15, 0.2) is 0 Å². The Morgan fingerprint density at radius 2 is 0.792 bits per heavy atom. The molecule has 0 spiro atoms. The molecule has 0 N–H and O–H groups in total. The lowest BCUT2D eigenvalue weighted by atomic mass is 9.96. The lowest BCUT2D eigenvalue weighted by Gasteiger charge is -2.16. The van der Waals surface area contributed by atoms with Crippen LogP contribution in [0.1, 0.15) is 89.9 Å². The molecule has 6 heteroatoms. The molecule has 268 valence electrons. The Morgan fingerprint density at radius 3 is 1.12 bits per heavy atom. The van der Waals surface area contributed by atoms with Gasteiger partial charge in [-0.1, -0.05) is 97.2 Å². The minimum absolute atomic E-state index is 0.151. The zero-order valence-electron chi connectivity index (χ0n) is 30.6. The average molecular weight is 663 g/mol. The van der Waals surface area contributed by atoms with Crippen LogP contribution in [-0.2, 0) is 19.1 Å². The van der Waals surface area contributed by atoms with E-state index in [1.165, 1.54) is 0 Å². The maximum Gasteiger partial charge on any atom is 0.306 e.